The van der Waals surface area contributed by atoms with Crippen LogP contribution in [0.25, 0.3) is 11.1 Å². The number of hydrogen-bond acceptors (Lipinski definition) is 7. The normalized spacial score (nSPS) is 26.7. The van der Waals surface area contributed by atoms with Gasteiger partial charge in [0.05, 0.1) is 6.61 Å². The molecule has 1 amide bonds. The summed E-state index contributed by atoms with van der Waals surface area (Å²) in [7, 11) is 3.24. The van der Waals surface area contributed by atoms with E-state index in [1.54, 1.807) is 26.6 Å². The third kappa shape index (κ3) is 2.64. The Kier molecular flexibility index (Phi) is 3.88. The van der Waals surface area contributed by atoms with Crippen LogP contribution in [0.15, 0.2) is 41.9 Å². The van der Waals surface area contributed by atoms with Crippen molar-refractivity contribution in [1.29, 1.82) is 0 Å². The summed E-state index contributed by atoms with van der Waals surface area (Å²) in [5, 5.41) is 0. The molecule has 3 heterocycles. The number of hydrogen-bond donors (Lipinski definition) is 1. The van der Waals surface area contributed by atoms with Crippen molar-refractivity contribution in [2.24, 2.45) is 10.7 Å². The van der Waals surface area contributed by atoms with Gasteiger partial charge >= 0.3 is 0 Å². The van der Waals surface area contributed by atoms with Crippen LogP contribution >= 0.6 is 0 Å². The highest BCUT2D eigenvalue weighted by molar-refractivity contribution is 6.07. The highest BCUT2D eigenvalue weighted by Gasteiger charge is 2.56. The third-order valence-corrected chi connectivity index (χ3v) is 5.06. The van der Waals surface area contributed by atoms with E-state index in [0.29, 0.717) is 24.3 Å². The molecule has 0 saturated heterocycles. The minimum Gasteiger partial charge on any atom is -0.485 e. The van der Waals surface area contributed by atoms with Crippen molar-refractivity contribution in [2.45, 2.75) is 24.5 Å². The van der Waals surface area contributed by atoms with Crippen LogP contribution in [0.5, 0.6) is 5.75 Å². The van der Waals surface area contributed by atoms with Crippen LogP contribution in [0.1, 0.15) is 18.9 Å². The quantitative estimate of drug-likeness (QED) is 0.877. The van der Waals surface area contributed by atoms with E-state index in [1.807, 2.05) is 25.1 Å². The molecular weight excluding hydrogens is 346 g/mol. The average Bonchev–Trinajstić information content (AvgIpc) is 2.86. The van der Waals surface area contributed by atoms with Crippen LogP contribution in [0.2, 0.25) is 0 Å². The summed E-state index contributed by atoms with van der Waals surface area (Å²) in [5.41, 5.74) is 6.58. The van der Waals surface area contributed by atoms with Gasteiger partial charge in [0.2, 0.25) is 0 Å². The zero-order chi connectivity index (χ0) is 19.2. The number of aromatic nitrogens is 2. The topological polar surface area (TPSA) is 103 Å². The largest absolute Gasteiger partial charge is 0.485 e. The Morgan fingerprint density at radius 2 is 2.04 bits per heavy atom. The number of benzene rings is 1. The Balaban J connectivity index is 1.91. The van der Waals surface area contributed by atoms with Crippen LogP contribution in [-0.2, 0) is 15.1 Å². The zero-order valence-electron chi connectivity index (χ0n) is 15.5. The minimum absolute atomic E-state index is 0.173. The van der Waals surface area contributed by atoms with Crippen molar-refractivity contribution in [3.63, 3.8) is 0 Å². The maximum atomic E-state index is 13.2. The molecule has 4 rings (SSSR count). The molecule has 0 aliphatic carbocycles. The second-order valence-corrected chi connectivity index (χ2v) is 7.19. The molecule has 2 aliphatic heterocycles. The number of fused-ring (bicyclic) bond motifs is 2. The molecule has 0 bridgehead atoms. The monoisotopic (exact) mass is 367 g/mol. The lowest BCUT2D eigenvalue weighted by molar-refractivity contribution is -0.135. The average molecular weight is 367 g/mol. The molecule has 2 aliphatic rings. The van der Waals surface area contributed by atoms with Crippen molar-refractivity contribution >= 4 is 11.9 Å². The molecule has 1 aromatic carbocycles. The van der Waals surface area contributed by atoms with Gasteiger partial charge in [-0.05, 0) is 24.6 Å². The smallest absolute Gasteiger partial charge is 0.261 e. The molecule has 2 N–H and O–H groups in total. The summed E-state index contributed by atoms with van der Waals surface area (Å²) in [5.74, 6) is 0.621. The summed E-state index contributed by atoms with van der Waals surface area (Å²) >= 11 is 0. The maximum absolute atomic E-state index is 13.2. The minimum atomic E-state index is -1.13. The van der Waals surface area contributed by atoms with Crippen LogP contribution in [0, 0.1) is 0 Å². The summed E-state index contributed by atoms with van der Waals surface area (Å²) in [6, 6.07) is 5.68. The van der Waals surface area contributed by atoms with Gasteiger partial charge in [-0.3, -0.25) is 9.69 Å². The number of aliphatic imine (C=N–C) groups is 1. The van der Waals surface area contributed by atoms with Gasteiger partial charge < -0.3 is 15.2 Å². The second-order valence-electron chi connectivity index (χ2n) is 7.19. The van der Waals surface area contributed by atoms with Crippen LogP contribution in [0.3, 0.4) is 0 Å². The van der Waals surface area contributed by atoms with Gasteiger partial charge in [-0.1, -0.05) is 6.07 Å². The van der Waals surface area contributed by atoms with Gasteiger partial charge in [-0.2, -0.15) is 0 Å². The van der Waals surface area contributed by atoms with Crippen molar-refractivity contribution in [3.05, 3.63) is 42.5 Å². The first-order valence-corrected chi connectivity index (χ1v) is 8.60. The van der Waals surface area contributed by atoms with E-state index in [1.165, 1.54) is 11.2 Å². The lowest BCUT2D eigenvalue weighted by Crippen LogP contribution is -2.52. The number of carbonyl (C=O) groups excluding carboxylic acids is 1. The summed E-state index contributed by atoms with van der Waals surface area (Å²) in [6.07, 6.45) is 5.25. The number of carbonyl (C=O) groups is 1. The van der Waals surface area contributed by atoms with Crippen molar-refractivity contribution in [2.75, 3.05) is 20.8 Å². The molecule has 1 aromatic heterocycles. The lowest BCUT2D eigenvalue weighted by atomic mass is 9.76. The van der Waals surface area contributed by atoms with Gasteiger partial charge in [-0.25, -0.2) is 15.0 Å². The highest BCUT2D eigenvalue weighted by atomic mass is 16.5. The van der Waals surface area contributed by atoms with E-state index in [9.17, 15) is 4.79 Å². The number of guanidine groups is 1. The van der Waals surface area contributed by atoms with E-state index in [4.69, 9.17) is 15.2 Å². The molecule has 0 radical (unpaired) electrons. The molecule has 2 aromatic rings. The third-order valence-electron chi connectivity index (χ3n) is 5.06. The molecule has 0 fully saturated rings. The molecule has 0 saturated carbocycles. The maximum Gasteiger partial charge on any atom is 0.261 e. The molecule has 27 heavy (non-hydrogen) atoms. The highest BCUT2D eigenvalue weighted by Crippen LogP contribution is 2.49. The standard InChI is InChI=1S/C19H21N5O3/c1-18(10-26-3)9-19(16(25)24(2)17(20)23-19)14-6-12(4-5-15(14)27-18)13-7-21-11-22-8-13/h4-8,11H,9-10H2,1-3H3,(H2,20,23). The van der Waals surface area contributed by atoms with Crippen molar-refractivity contribution < 1.29 is 14.3 Å². The molecule has 1 spiro atoms. The summed E-state index contributed by atoms with van der Waals surface area (Å²) in [6.45, 7) is 2.24. The number of nitrogens with zero attached hydrogens (tertiary/aromatic N) is 4. The fraction of sp³-hybridized carbons (Fsp3) is 0.368. The Morgan fingerprint density at radius 1 is 1.30 bits per heavy atom. The number of rotatable bonds is 3. The van der Waals surface area contributed by atoms with E-state index in [-0.39, 0.29) is 11.9 Å². The number of methoxy groups -OCH3 is 1. The SMILES string of the molecule is COCC1(C)CC2(N=C(N)N(C)C2=O)c2cc(-c3cncnc3)ccc2O1. The molecule has 2 atom stereocenters. The molecule has 140 valence electrons. The van der Waals surface area contributed by atoms with Gasteiger partial charge in [-0.15, -0.1) is 0 Å². The van der Waals surface area contributed by atoms with Gasteiger partial charge in [0, 0.05) is 44.1 Å². The number of nitrogens with two attached hydrogens (primary N) is 1. The predicted molar refractivity (Wildman–Crippen MR) is 99.1 cm³/mol. The molecular formula is C19H21N5O3. The van der Waals surface area contributed by atoms with E-state index < -0.39 is 11.1 Å². The Hall–Kier alpha value is -3.00. The van der Waals surface area contributed by atoms with Gasteiger partial charge in [0.15, 0.2) is 11.5 Å². The van der Waals surface area contributed by atoms with Crippen molar-refractivity contribution in [3.8, 4) is 16.9 Å². The van der Waals surface area contributed by atoms with Crippen LogP contribution in [-0.4, -0.2) is 53.1 Å². The second kappa shape index (κ2) is 6.02. The predicted octanol–water partition coefficient (Wildman–Crippen LogP) is 1.31. The Labute approximate surface area is 157 Å². The van der Waals surface area contributed by atoms with E-state index in [2.05, 4.69) is 15.0 Å². The molecule has 8 nitrogen and oxygen atoms in total. The summed E-state index contributed by atoms with van der Waals surface area (Å²) in [4.78, 5) is 27.3. The number of amides is 1. The van der Waals surface area contributed by atoms with E-state index in [0.717, 1.165) is 11.1 Å². The Bertz CT molecular complexity index is 932. The van der Waals surface area contributed by atoms with Gasteiger partial charge in [0.1, 0.15) is 17.7 Å². The van der Waals surface area contributed by atoms with Crippen molar-refractivity contribution in [1.82, 2.24) is 14.9 Å². The van der Waals surface area contributed by atoms with E-state index >= 15 is 0 Å². The number of ether oxygens (including phenoxy) is 2. The fourth-order valence-corrected chi connectivity index (χ4v) is 3.88. The number of likely N-dealkylation sites (N-methyl/N-ethyl adjacent to an activating group) is 1. The fourth-order valence-electron chi connectivity index (χ4n) is 3.88. The van der Waals surface area contributed by atoms with Gasteiger partial charge in [0.25, 0.3) is 5.91 Å². The lowest BCUT2D eigenvalue weighted by Gasteiger charge is -2.42. The molecule has 2 unspecified atom stereocenters. The first-order chi connectivity index (χ1) is 12.9. The first kappa shape index (κ1) is 17.4. The summed E-state index contributed by atoms with van der Waals surface area (Å²) < 4.78 is 11.6. The molecule has 8 heteroatoms. The first-order valence-electron chi connectivity index (χ1n) is 8.60. The van der Waals surface area contributed by atoms with Crippen LogP contribution in [0.4, 0.5) is 0 Å². The van der Waals surface area contributed by atoms with Crippen LogP contribution < -0.4 is 10.5 Å². The Morgan fingerprint density at radius 3 is 2.67 bits per heavy atom. The zero-order valence-corrected chi connectivity index (χ0v) is 15.5.